The van der Waals surface area contributed by atoms with Crippen LogP contribution in [0.25, 0.3) is 11.0 Å². The van der Waals surface area contributed by atoms with Gasteiger partial charge in [-0.25, -0.2) is 14.2 Å². The van der Waals surface area contributed by atoms with Gasteiger partial charge in [0.05, 0.1) is 22.8 Å². The summed E-state index contributed by atoms with van der Waals surface area (Å²) in [5.74, 6) is -0.342. The summed E-state index contributed by atoms with van der Waals surface area (Å²) in [6, 6.07) is 9.40. The average Bonchev–Trinajstić information content (AvgIpc) is 2.82. The van der Waals surface area contributed by atoms with Crippen molar-refractivity contribution in [1.29, 1.82) is 0 Å². The number of nitrogens with one attached hydrogen (secondary N) is 1. The van der Waals surface area contributed by atoms with Crippen LogP contribution in [-0.4, -0.2) is 65.6 Å². The second kappa shape index (κ2) is 9.24. The molecule has 0 spiro atoms. The molecule has 4 rings (SSSR count). The van der Waals surface area contributed by atoms with E-state index in [1.54, 1.807) is 42.4 Å². The van der Waals surface area contributed by atoms with Crippen molar-refractivity contribution in [1.82, 2.24) is 14.9 Å². The summed E-state index contributed by atoms with van der Waals surface area (Å²) in [5.41, 5.74) is 1.58. The number of ether oxygens (including phenoxy) is 1. The fourth-order valence-corrected chi connectivity index (χ4v) is 3.75. The Labute approximate surface area is 197 Å². The van der Waals surface area contributed by atoms with Crippen LogP contribution in [-0.2, 0) is 4.74 Å². The zero-order valence-electron chi connectivity index (χ0n) is 19.8. The van der Waals surface area contributed by atoms with E-state index in [1.165, 1.54) is 12.1 Å². The first kappa shape index (κ1) is 23.4. The Morgan fingerprint density at radius 3 is 2.41 bits per heavy atom. The highest BCUT2D eigenvalue weighted by Crippen LogP contribution is 2.22. The van der Waals surface area contributed by atoms with Crippen molar-refractivity contribution >= 4 is 34.4 Å². The average molecular weight is 466 g/mol. The van der Waals surface area contributed by atoms with Crippen molar-refractivity contribution in [3.8, 4) is 0 Å². The first-order valence-corrected chi connectivity index (χ1v) is 11.2. The molecule has 178 valence electrons. The SMILES string of the molecule is CNc1ccc(C(=O)c2ccc3ncc(N4CCN(C(=O)OC(C)(C)C)CC4)nc3c2)c(F)c1. The number of carbonyl (C=O) groups excluding carboxylic acids is 2. The van der Waals surface area contributed by atoms with Crippen LogP contribution in [0.1, 0.15) is 36.7 Å². The Bertz CT molecular complexity index is 1230. The van der Waals surface area contributed by atoms with Crippen LogP contribution in [0.2, 0.25) is 0 Å². The molecule has 8 nitrogen and oxygen atoms in total. The number of fused-ring (bicyclic) bond motifs is 1. The van der Waals surface area contributed by atoms with Gasteiger partial charge in [0.15, 0.2) is 5.78 Å². The second-order valence-electron chi connectivity index (χ2n) is 9.16. The van der Waals surface area contributed by atoms with E-state index in [4.69, 9.17) is 4.74 Å². The maximum Gasteiger partial charge on any atom is 0.410 e. The molecule has 1 saturated heterocycles. The molecule has 1 aliphatic rings. The van der Waals surface area contributed by atoms with E-state index >= 15 is 0 Å². The van der Waals surface area contributed by atoms with Gasteiger partial charge in [-0.1, -0.05) is 0 Å². The van der Waals surface area contributed by atoms with Crippen LogP contribution in [0.15, 0.2) is 42.6 Å². The number of rotatable bonds is 4. The molecule has 0 unspecified atom stereocenters. The number of nitrogens with zero attached hydrogens (tertiary/aromatic N) is 4. The van der Waals surface area contributed by atoms with Gasteiger partial charge >= 0.3 is 6.09 Å². The summed E-state index contributed by atoms with van der Waals surface area (Å²) in [4.78, 5) is 38.1. The zero-order chi connectivity index (χ0) is 24.5. The lowest BCUT2D eigenvalue weighted by Gasteiger charge is -2.36. The molecule has 0 saturated carbocycles. The number of ketones is 1. The molecule has 1 amide bonds. The third-order valence-electron chi connectivity index (χ3n) is 5.55. The van der Waals surface area contributed by atoms with Gasteiger partial charge in [-0.3, -0.25) is 9.78 Å². The van der Waals surface area contributed by atoms with E-state index in [9.17, 15) is 14.0 Å². The minimum Gasteiger partial charge on any atom is -0.444 e. The molecule has 2 aromatic carbocycles. The number of piperazine rings is 1. The summed E-state index contributed by atoms with van der Waals surface area (Å²) in [6.07, 6.45) is 1.36. The van der Waals surface area contributed by atoms with Crippen LogP contribution in [0.4, 0.5) is 20.7 Å². The van der Waals surface area contributed by atoms with Gasteiger partial charge in [-0.15, -0.1) is 0 Å². The highest BCUT2D eigenvalue weighted by Gasteiger charge is 2.26. The third-order valence-corrected chi connectivity index (χ3v) is 5.55. The van der Waals surface area contributed by atoms with E-state index in [0.717, 1.165) is 0 Å². The van der Waals surface area contributed by atoms with Gasteiger partial charge < -0.3 is 19.9 Å². The molecule has 0 radical (unpaired) electrons. The Kier molecular flexibility index (Phi) is 6.37. The first-order valence-electron chi connectivity index (χ1n) is 11.2. The first-order chi connectivity index (χ1) is 16.1. The highest BCUT2D eigenvalue weighted by atomic mass is 19.1. The van der Waals surface area contributed by atoms with Crippen molar-refractivity contribution in [2.24, 2.45) is 0 Å². The molecule has 2 heterocycles. The molecule has 1 aromatic heterocycles. The quantitative estimate of drug-likeness (QED) is 0.581. The lowest BCUT2D eigenvalue weighted by Crippen LogP contribution is -2.50. The van der Waals surface area contributed by atoms with Gasteiger partial charge in [0, 0.05) is 44.5 Å². The lowest BCUT2D eigenvalue weighted by molar-refractivity contribution is 0.0240. The molecule has 1 aliphatic heterocycles. The van der Waals surface area contributed by atoms with Crippen LogP contribution >= 0.6 is 0 Å². The van der Waals surface area contributed by atoms with E-state index in [-0.39, 0.29) is 11.7 Å². The van der Waals surface area contributed by atoms with Crippen molar-refractivity contribution < 1.29 is 18.7 Å². The van der Waals surface area contributed by atoms with Crippen LogP contribution in [0, 0.1) is 5.82 Å². The summed E-state index contributed by atoms with van der Waals surface area (Å²) < 4.78 is 19.9. The molecule has 0 atom stereocenters. The van der Waals surface area contributed by atoms with Crippen molar-refractivity contribution in [3.63, 3.8) is 0 Å². The van der Waals surface area contributed by atoms with Crippen molar-refractivity contribution in [2.45, 2.75) is 26.4 Å². The van der Waals surface area contributed by atoms with Gasteiger partial charge in [0.25, 0.3) is 0 Å². The van der Waals surface area contributed by atoms with Crippen LogP contribution in [0.3, 0.4) is 0 Å². The van der Waals surface area contributed by atoms with Gasteiger partial charge in [-0.05, 0) is 57.2 Å². The minimum absolute atomic E-state index is 0.000675. The Hall–Kier alpha value is -3.75. The van der Waals surface area contributed by atoms with Gasteiger partial charge in [0.2, 0.25) is 0 Å². The predicted molar refractivity (Wildman–Crippen MR) is 129 cm³/mol. The molecule has 0 bridgehead atoms. The number of halogens is 1. The predicted octanol–water partition coefficient (Wildman–Crippen LogP) is 4.10. The normalized spacial score (nSPS) is 14.3. The molecule has 0 aliphatic carbocycles. The molecule has 9 heteroatoms. The van der Waals surface area contributed by atoms with E-state index in [1.807, 2.05) is 25.7 Å². The van der Waals surface area contributed by atoms with Gasteiger partial charge in [0.1, 0.15) is 17.2 Å². The van der Waals surface area contributed by atoms with E-state index < -0.39 is 17.2 Å². The summed E-state index contributed by atoms with van der Waals surface area (Å²) >= 11 is 0. The van der Waals surface area contributed by atoms with E-state index in [0.29, 0.717) is 54.3 Å². The summed E-state index contributed by atoms with van der Waals surface area (Å²) in [6.45, 7) is 7.72. The Morgan fingerprint density at radius 2 is 1.76 bits per heavy atom. The number of carbonyl (C=O) groups is 2. The van der Waals surface area contributed by atoms with Crippen LogP contribution in [0.5, 0.6) is 0 Å². The largest absolute Gasteiger partial charge is 0.444 e. The fraction of sp³-hybridized carbons (Fsp3) is 0.360. The molecule has 34 heavy (non-hydrogen) atoms. The highest BCUT2D eigenvalue weighted by molar-refractivity contribution is 6.10. The zero-order valence-corrected chi connectivity index (χ0v) is 19.8. The molecular weight excluding hydrogens is 437 g/mol. The third kappa shape index (κ3) is 5.08. The molecule has 1 N–H and O–H groups in total. The van der Waals surface area contributed by atoms with Crippen molar-refractivity contribution in [2.75, 3.05) is 43.4 Å². The van der Waals surface area contributed by atoms with Crippen molar-refractivity contribution in [3.05, 3.63) is 59.5 Å². The summed E-state index contributed by atoms with van der Waals surface area (Å²) in [5, 5.41) is 2.85. The summed E-state index contributed by atoms with van der Waals surface area (Å²) in [7, 11) is 1.69. The van der Waals surface area contributed by atoms with Gasteiger partial charge in [-0.2, -0.15) is 0 Å². The smallest absolute Gasteiger partial charge is 0.410 e. The standard InChI is InChI=1S/C25H28FN5O3/c1-25(2,3)34-24(33)31-11-9-30(10-12-31)22-15-28-20-8-5-16(13-21(20)29-22)23(32)18-7-6-17(27-4)14-19(18)26/h5-8,13-15,27H,9-12H2,1-4H3. The van der Waals surface area contributed by atoms with Crippen LogP contribution < -0.4 is 10.2 Å². The number of anilines is 2. The second-order valence-corrected chi connectivity index (χ2v) is 9.16. The number of aromatic nitrogens is 2. The fourth-order valence-electron chi connectivity index (χ4n) is 3.75. The molecule has 3 aromatic rings. The number of hydrogen-bond donors (Lipinski definition) is 1. The monoisotopic (exact) mass is 465 g/mol. The number of benzene rings is 2. The van der Waals surface area contributed by atoms with E-state index in [2.05, 4.69) is 15.3 Å². The topological polar surface area (TPSA) is 87.7 Å². The minimum atomic E-state index is -0.584. The maximum atomic E-state index is 14.4. The molecular formula is C25H28FN5O3. The number of amides is 1. The Morgan fingerprint density at radius 1 is 1.03 bits per heavy atom. The maximum absolute atomic E-state index is 14.4. The Balaban J connectivity index is 1.51. The lowest BCUT2D eigenvalue weighted by atomic mass is 10.0. The number of hydrogen-bond acceptors (Lipinski definition) is 7. The molecule has 1 fully saturated rings.